The molecule has 0 heterocycles. The number of ketones is 2. The number of carbonyl (C=O) groups is 2. The van der Waals surface area contributed by atoms with Gasteiger partial charge in [-0.15, -0.1) is 0 Å². The fourth-order valence-corrected chi connectivity index (χ4v) is 2.75. The first-order valence-electron chi connectivity index (χ1n) is 8.10. The summed E-state index contributed by atoms with van der Waals surface area (Å²) < 4.78 is 0. The monoisotopic (exact) mass is 312 g/mol. The standard InChI is InChI=1S/C21H28O2/c1-15(8-7-9-16(2)14-17(3)22)10-11-19-18(4)20(23)12-13-21(19,5)6/h7-11,14H,12-13H2,1-6H3/b9-7+,11-10+,15-8+,16-14+. The normalized spacial score (nSPS) is 20.0. The smallest absolute Gasteiger partial charge is 0.158 e. The number of Topliss-reactive ketones (excluding diaryl/α,β-unsaturated/α-hetero) is 1. The van der Waals surface area contributed by atoms with Crippen LogP contribution in [0, 0.1) is 5.41 Å². The lowest BCUT2D eigenvalue weighted by Gasteiger charge is -2.32. The van der Waals surface area contributed by atoms with Crippen molar-refractivity contribution in [1.82, 2.24) is 0 Å². The number of carbonyl (C=O) groups excluding carboxylic acids is 2. The second kappa shape index (κ2) is 8.05. The van der Waals surface area contributed by atoms with E-state index < -0.39 is 0 Å². The predicted octanol–water partition coefficient (Wildman–Crippen LogP) is 5.29. The highest BCUT2D eigenvalue weighted by Crippen LogP contribution is 2.39. The molecule has 0 unspecified atom stereocenters. The lowest BCUT2D eigenvalue weighted by atomic mass is 9.72. The summed E-state index contributed by atoms with van der Waals surface area (Å²) in [6.07, 6.45) is 13.1. The molecule has 0 aliphatic heterocycles. The maximum absolute atomic E-state index is 11.9. The topological polar surface area (TPSA) is 34.1 Å². The molecule has 0 spiro atoms. The zero-order valence-electron chi connectivity index (χ0n) is 15.2. The van der Waals surface area contributed by atoms with E-state index in [2.05, 4.69) is 19.9 Å². The third-order valence-electron chi connectivity index (χ3n) is 4.19. The fraction of sp³-hybridized carbons (Fsp3) is 0.429. The van der Waals surface area contributed by atoms with Gasteiger partial charge in [-0.2, -0.15) is 0 Å². The largest absolute Gasteiger partial charge is 0.295 e. The molecule has 0 saturated carbocycles. The summed E-state index contributed by atoms with van der Waals surface area (Å²) in [7, 11) is 0. The minimum Gasteiger partial charge on any atom is -0.295 e. The number of hydrogen-bond donors (Lipinski definition) is 0. The molecule has 0 N–H and O–H groups in total. The van der Waals surface area contributed by atoms with E-state index in [0.717, 1.165) is 28.7 Å². The van der Waals surface area contributed by atoms with E-state index in [4.69, 9.17) is 0 Å². The third kappa shape index (κ3) is 5.97. The highest BCUT2D eigenvalue weighted by atomic mass is 16.1. The highest BCUT2D eigenvalue weighted by Gasteiger charge is 2.30. The molecule has 2 heteroatoms. The van der Waals surface area contributed by atoms with Gasteiger partial charge < -0.3 is 0 Å². The Morgan fingerprint density at radius 2 is 1.74 bits per heavy atom. The van der Waals surface area contributed by atoms with Crippen LogP contribution in [0.15, 0.2) is 58.7 Å². The SMILES string of the molecule is CC(=O)/C=C(C)/C=C/C=C(C)/C=C/C1=C(C)C(=O)CCC1(C)C. The lowest BCUT2D eigenvalue weighted by Crippen LogP contribution is -2.24. The van der Waals surface area contributed by atoms with Crippen molar-refractivity contribution in [3.8, 4) is 0 Å². The summed E-state index contributed by atoms with van der Waals surface area (Å²) in [5.41, 5.74) is 4.11. The van der Waals surface area contributed by atoms with Crippen LogP contribution >= 0.6 is 0 Å². The van der Waals surface area contributed by atoms with Crippen LogP contribution in [0.25, 0.3) is 0 Å². The van der Waals surface area contributed by atoms with Gasteiger partial charge in [0.15, 0.2) is 11.6 Å². The minimum atomic E-state index is 0.0470. The Labute approximate surface area is 140 Å². The van der Waals surface area contributed by atoms with Gasteiger partial charge in [0.25, 0.3) is 0 Å². The highest BCUT2D eigenvalue weighted by molar-refractivity contribution is 5.97. The third-order valence-corrected chi connectivity index (χ3v) is 4.19. The molecule has 23 heavy (non-hydrogen) atoms. The van der Waals surface area contributed by atoms with Gasteiger partial charge in [-0.25, -0.2) is 0 Å². The van der Waals surface area contributed by atoms with Crippen LogP contribution in [0.2, 0.25) is 0 Å². The van der Waals surface area contributed by atoms with E-state index in [1.807, 2.05) is 45.1 Å². The van der Waals surface area contributed by atoms with Gasteiger partial charge in [-0.3, -0.25) is 9.59 Å². The Hall–Kier alpha value is -1.96. The molecule has 0 atom stereocenters. The van der Waals surface area contributed by atoms with Gasteiger partial charge in [-0.05, 0) is 62.3 Å². The number of rotatable bonds is 5. The zero-order valence-corrected chi connectivity index (χ0v) is 15.2. The van der Waals surface area contributed by atoms with E-state index in [1.165, 1.54) is 0 Å². The van der Waals surface area contributed by atoms with Gasteiger partial charge in [0.05, 0.1) is 0 Å². The summed E-state index contributed by atoms with van der Waals surface area (Å²) >= 11 is 0. The van der Waals surface area contributed by atoms with Crippen LogP contribution in [0.1, 0.15) is 54.4 Å². The van der Waals surface area contributed by atoms with Crippen molar-refractivity contribution < 1.29 is 9.59 Å². The molecule has 0 bridgehead atoms. The molecule has 0 amide bonds. The Morgan fingerprint density at radius 1 is 1.09 bits per heavy atom. The van der Waals surface area contributed by atoms with E-state index in [1.54, 1.807) is 13.0 Å². The summed E-state index contributed by atoms with van der Waals surface area (Å²) in [5, 5.41) is 0. The summed E-state index contributed by atoms with van der Waals surface area (Å²) in [4.78, 5) is 22.9. The predicted molar refractivity (Wildman–Crippen MR) is 97.2 cm³/mol. The van der Waals surface area contributed by atoms with Crippen molar-refractivity contribution in [2.75, 3.05) is 0 Å². The van der Waals surface area contributed by atoms with Crippen molar-refractivity contribution in [3.05, 3.63) is 58.7 Å². The minimum absolute atomic E-state index is 0.0470. The molecule has 124 valence electrons. The average Bonchev–Trinajstić information content (AvgIpc) is 2.42. The van der Waals surface area contributed by atoms with Crippen LogP contribution in [-0.2, 0) is 9.59 Å². The number of allylic oxidation sites excluding steroid dienone is 10. The van der Waals surface area contributed by atoms with Gasteiger partial charge in [0.2, 0.25) is 0 Å². The lowest BCUT2D eigenvalue weighted by molar-refractivity contribution is -0.116. The summed E-state index contributed by atoms with van der Waals surface area (Å²) in [6.45, 7) is 11.8. The molecule has 2 nitrogen and oxygen atoms in total. The molecule has 0 saturated heterocycles. The Morgan fingerprint density at radius 3 is 2.35 bits per heavy atom. The van der Waals surface area contributed by atoms with Crippen LogP contribution < -0.4 is 0 Å². The maximum Gasteiger partial charge on any atom is 0.158 e. The first-order valence-corrected chi connectivity index (χ1v) is 8.10. The van der Waals surface area contributed by atoms with Crippen LogP contribution in [0.4, 0.5) is 0 Å². The molecule has 1 aliphatic carbocycles. The number of hydrogen-bond acceptors (Lipinski definition) is 2. The summed E-state index contributed by atoms with van der Waals surface area (Å²) in [5.74, 6) is 0.315. The van der Waals surface area contributed by atoms with E-state index >= 15 is 0 Å². The van der Waals surface area contributed by atoms with Crippen molar-refractivity contribution >= 4 is 11.6 Å². The van der Waals surface area contributed by atoms with Crippen LogP contribution in [0.5, 0.6) is 0 Å². The quantitative estimate of drug-likeness (QED) is 0.511. The molecule has 0 radical (unpaired) electrons. The van der Waals surface area contributed by atoms with Gasteiger partial charge >= 0.3 is 0 Å². The van der Waals surface area contributed by atoms with Crippen molar-refractivity contribution in [1.29, 1.82) is 0 Å². The molecule has 0 aromatic heterocycles. The van der Waals surface area contributed by atoms with Gasteiger partial charge in [0.1, 0.15) is 0 Å². The van der Waals surface area contributed by atoms with E-state index in [0.29, 0.717) is 6.42 Å². The van der Waals surface area contributed by atoms with E-state index in [-0.39, 0.29) is 17.0 Å². The maximum atomic E-state index is 11.9. The Balaban J connectivity index is 2.89. The van der Waals surface area contributed by atoms with Gasteiger partial charge in [-0.1, -0.05) is 49.8 Å². The van der Waals surface area contributed by atoms with E-state index in [9.17, 15) is 9.59 Å². The molecule has 1 rings (SSSR count). The van der Waals surface area contributed by atoms with Crippen molar-refractivity contribution in [2.45, 2.75) is 54.4 Å². The van der Waals surface area contributed by atoms with Crippen molar-refractivity contribution in [3.63, 3.8) is 0 Å². The average molecular weight is 312 g/mol. The second-order valence-electron chi connectivity index (χ2n) is 6.95. The Bertz CT molecular complexity index is 635. The molecule has 1 aliphatic rings. The first kappa shape index (κ1) is 19.1. The van der Waals surface area contributed by atoms with Crippen molar-refractivity contribution in [2.24, 2.45) is 5.41 Å². The molecule has 0 aromatic carbocycles. The molecule has 0 fully saturated rings. The molecule has 0 aromatic rings. The zero-order chi connectivity index (χ0) is 17.6. The van der Waals surface area contributed by atoms with Crippen LogP contribution in [0.3, 0.4) is 0 Å². The fourth-order valence-electron chi connectivity index (χ4n) is 2.75. The van der Waals surface area contributed by atoms with Crippen LogP contribution in [-0.4, -0.2) is 11.6 Å². The first-order chi connectivity index (χ1) is 10.6. The molecular formula is C21H28O2. The Kier molecular flexibility index (Phi) is 6.68. The molecular weight excluding hydrogens is 284 g/mol. The van der Waals surface area contributed by atoms with Gasteiger partial charge in [0, 0.05) is 6.42 Å². The second-order valence-corrected chi connectivity index (χ2v) is 6.95. The summed E-state index contributed by atoms with van der Waals surface area (Å²) in [6, 6.07) is 0.